The molecule has 4 heteroatoms. The molecule has 0 fully saturated rings. The van der Waals surface area contributed by atoms with Crippen molar-refractivity contribution < 1.29 is 14.3 Å². The van der Waals surface area contributed by atoms with Gasteiger partial charge < -0.3 is 14.8 Å². The standard InChI is InChI=1S/C16H25NO3/c1-4-19-16(18)10-7-11-17-12-14-8-5-6-9-15(14)20-13(2)3/h5-6,8-9,13,17H,4,7,10-12H2,1-3H3. The summed E-state index contributed by atoms with van der Waals surface area (Å²) in [7, 11) is 0. The molecule has 0 aliphatic carbocycles. The first kappa shape index (κ1) is 16.5. The topological polar surface area (TPSA) is 47.6 Å². The van der Waals surface area contributed by atoms with E-state index in [0.717, 1.165) is 30.8 Å². The quantitative estimate of drug-likeness (QED) is 0.558. The van der Waals surface area contributed by atoms with Crippen molar-refractivity contribution in [3.63, 3.8) is 0 Å². The van der Waals surface area contributed by atoms with Crippen LogP contribution in [-0.4, -0.2) is 25.2 Å². The van der Waals surface area contributed by atoms with E-state index in [1.807, 2.05) is 39.0 Å². The van der Waals surface area contributed by atoms with Gasteiger partial charge in [-0.15, -0.1) is 0 Å². The number of hydrogen-bond acceptors (Lipinski definition) is 4. The van der Waals surface area contributed by atoms with E-state index in [1.165, 1.54) is 0 Å². The third kappa shape index (κ3) is 6.57. The van der Waals surface area contributed by atoms with Gasteiger partial charge in [0.15, 0.2) is 0 Å². The molecular formula is C16H25NO3. The van der Waals surface area contributed by atoms with Gasteiger partial charge in [-0.3, -0.25) is 4.79 Å². The van der Waals surface area contributed by atoms with Gasteiger partial charge in [-0.1, -0.05) is 18.2 Å². The third-order valence-electron chi connectivity index (χ3n) is 2.69. The van der Waals surface area contributed by atoms with E-state index in [-0.39, 0.29) is 12.1 Å². The Balaban J connectivity index is 2.29. The molecule has 0 spiro atoms. The predicted octanol–water partition coefficient (Wildman–Crippen LogP) is 2.91. The molecule has 0 saturated carbocycles. The molecule has 0 amide bonds. The molecule has 112 valence electrons. The predicted molar refractivity (Wildman–Crippen MR) is 79.8 cm³/mol. The molecular weight excluding hydrogens is 254 g/mol. The molecule has 0 atom stereocenters. The molecule has 0 heterocycles. The van der Waals surface area contributed by atoms with Gasteiger partial charge in [0.1, 0.15) is 5.75 Å². The highest BCUT2D eigenvalue weighted by molar-refractivity contribution is 5.69. The van der Waals surface area contributed by atoms with Gasteiger partial charge in [0.2, 0.25) is 0 Å². The Morgan fingerprint density at radius 1 is 1.30 bits per heavy atom. The first-order valence-corrected chi connectivity index (χ1v) is 7.24. The van der Waals surface area contributed by atoms with E-state index in [0.29, 0.717) is 13.0 Å². The molecule has 0 bridgehead atoms. The molecule has 0 aliphatic heterocycles. The summed E-state index contributed by atoms with van der Waals surface area (Å²) in [6.45, 7) is 7.83. The van der Waals surface area contributed by atoms with Crippen LogP contribution in [0.2, 0.25) is 0 Å². The van der Waals surface area contributed by atoms with Crippen LogP contribution in [0.25, 0.3) is 0 Å². The maximum Gasteiger partial charge on any atom is 0.305 e. The van der Waals surface area contributed by atoms with Gasteiger partial charge in [-0.2, -0.15) is 0 Å². The summed E-state index contributed by atoms with van der Waals surface area (Å²) in [6.07, 6.45) is 1.41. The lowest BCUT2D eigenvalue weighted by molar-refractivity contribution is -0.143. The van der Waals surface area contributed by atoms with Crippen molar-refractivity contribution in [2.24, 2.45) is 0 Å². The van der Waals surface area contributed by atoms with Crippen LogP contribution in [0, 0.1) is 0 Å². The summed E-state index contributed by atoms with van der Waals surface area (Å²) >= 11 is 0. The second-order valence-corrected chi connectivity index (χ2v) is 4.86. The van der Waals surface area contributed by atoms with Crippen molar-refractivity contribution >= 4 is 5.97 Å². The number of carbonyl (C=O) groups is 1. The Kier molecular flexibility index (Phi) is 7.73. The summed E-state index contributed by atoms with van der Waals surface area (Å²) in [5.74, 6) is 0.790. The maximum atomic E-state index is 11.2. The smallest absolute Gasteiger partial charge is 0.305 e. The lowest BCUT2D eigenvalue weighted by Crippen LogP contribution is -2.17. The van der Waals surface area contributed by atoms with E-state index in [9.17, 15) is 4.79 Å². The number of ether oxygens (including phenoxy) is 2. The van der Waals surface area contributed by atoms with Gasteiger partial charge >= 0.3 is 5.97 Å². The van der Waals surface area contributed by atoms with Gasteiger partial charge in [0.05, 0.1) is 12.7 Å². The van der Waals surface area contributed by atoms with E-state index in [4.69, 9.17) is 9.47 Å². The molecule has 0 radical (unpaired) electrons. The second-order valence-electron chi connectivity index (χ2n) is 4.86. The van der Waals surface area contributed by atoms with Crippen LogP contribution >= 0.6 is 0 Å². The van der Waals surface area contributed by atoms with Crippen molar-refractivity contribution in [2.75, 3.05) is 13.2 Å². The fourth-order valence-electron chi connectivity index (χ4n) is 1.83. The monoisotopic (exact) mass is 279 g/mol. The van der Waals surface area contributed by atoms with Crippen molar-refractivity contribution in [2.45, 2.75) is 46.3 Å². The van der Waals surface area contributed by atoms with Crippen LogP contribution in [0.1, 0.15) is 39.2 Å². The Bertz CT molecular complexity index is 404. The molecule has 0 aliphatic rings. The van der Waals surface area contributed by atoms with Crippen molar-refractivity contribution in [1.29, 1.82) is 0 Å². The van der Waals surface area contributed by atoms with Crippen LogP contribution in [0.15, 0.2) is 24.3 Å². The number of esters is 1. The number of nitrogens with one attached hydrogen (secondary N) is 1. The Labute approximate surface area is 121 Å². The zero-order valence-corrected chi connectivity index (χ0v) is 12.6. The van der Waals surface area contributed by atoms with Gasteiger partial charge in [-0.25, -0.2) is 0 Å². The summed E-state index contributed by atoms with van der Waals surface area (Å²) in [5.41, 5.74) is 1.14. The molecule has 1 aromatic rings. The van der Waals surface area contributed by atoms with Crippen LogP contribution in [0.5, 0.6) is 5.75 Å². The van der Waals surface area contributed by atoms with Crippen molar-refractivity contribution in [1.82, 2.24) is 5.32 Å². The molecule has 20 heavy (non-hydrogen) atoms. The van der Waals surface area contributed by atoms with Crippen LogP contribution in [-0.2, 0) is 16.1 Å². The highest BCUT2D eigenvalue weighted by atomic mass is 16.5. The Morgan fingerprint density at radius 3 is 2.75 bits per heavy atom. The zero-order chi connectivity index (χ0) is 14.8. The van der Waals surface area contributed by atoms with Gasteiger partial charge in [-0.05, 0) is 39.8 Å². The van der Waals surface area contributed by atoms with Crippen LogP contribution < -0.4 is 10.1 Å². The van der Waals surface area contributed by atoms with Gasteiger partial charge in [0, 0.05) is 18.5 Å². The number of rotatable bonds is 9. The minimum atomic E-state index is -0.127. The normalized spacial score (nSPS) is 10.6. The van der Waals surface area contributed by atoms with Gasteiger partial charge in [0.25, 0.3) is 0 Å². The molecule has 0 saturated heterocycles. The SMILES string of the molecule is CCOC(=O)CCCNCc1ccccc1OC(C)C. The lowest BCUT2D eigenvalue weighted by atomic mass is 10.2. The zero-order valence-electron chi connectivity index (χ0n) is 12.6. The second kappa shape index (κ2) is 9.37. The van der Waals surface area contributed by atoms with Crippen LogP contribution in [0.4, 0.5) is 0 Å². The molecule has 4 nitrogen and oxygen atoms in total. The Morgan fingerprint density at radius 2 is 2.05 bits per heavy atom. The molecule has 1 N–H and O–H groups in total. The fraction of sp³-hybridized carbons (Fsp3) is 0.562. The number of benzene rings is 1. The lowest BCUT2D eigenvalue weighted by Gasteiger charge is -2.14. The Hall–Kier alpha value is -1.55. The average Bonchev–Trinajstić information content (AvgIpc) is 2.40. The molecule has 1 rings (SSSR count). The summed E-state index contributed by atoms with van der Waals surface area (Å²) in [6, 6.07) is 8.01. The molecule has 0 unspecified atom stereocenters. The van der Waals surface area contributed by atoms with E-state index in [1.54, 1.807) is 0 Å². The highest BCUT2D eigenvalue weighted by Gasteiger charge is 2.05. The number of para-hydroxylation sites is 1. The summed E-state index contributed by atoms with van der Waals surface area (Å²) < 4.78 is 10.6. The minimum Gasteiger partial charge on any atom is -0.491 e. The average molecular weight is 279 g/mol. The minimum absolute atomic E-state index is 0.127. The van der Waals surface area contributed by atoms with E-state index in [2.05, 4.69) is 11.4 Å². The molecule has 0 aromatic heterocycles. The third-order valence-corrected chi connectivity index (χ3v) is 2.69. The molecule has 1 aromatic carbocycles. The summed E-state index contributed by atoms with van der Waals surface area (Å²) in [5, 5.41) is 3.33. The summed E-state index contributed by atoms with van der Waals surface area (Å²) in [4.78, 5) is 11.2. The highest BCUT2D eigenvalue weighted by Crippen LogP contribution is 2.18. The van der Waals surface area contributed by atoms with Crippen molar-refractivity contribution in [3.8, 4) is 5.75 Å². The van der Waals surface area contributed by atoms with E-state index < -0.39 is 0 Å². The first-order chi connectivity index (χ1) is 9.63. The largest absolute Gasteiger partial charge is 0.491 e. The van der Waals surface area contributed by atoms with Crippen molar-refractivity contribution in [3.05, 3.63) is 29.8 Å². The van der Waals surface area contributed by atoms with Crippen LogP contribution in [0.3, 0.4) is 0 Å². The first-order valence-electron chi connectivity index (χ1n) is 7.24. The fourth-order valence-corrected chi connectivity index (χ4v) is 1.83. The number of hydrogen-bond donors (Lipinski definition) is 1. The number of carbonyl (C=O) groups excluding carboxylic acids is 1. The maximum absolute atomic E-state index is 11.2. The van der Waals surface area contributed by atoms with E-state index >= 15 is 0 Å².